The smallest absolute Gasteiger partial charge is 0.326 e. The quantitative estimate of drug-likeness (QED) is 0.122. The molecule has 16 nitrogen and oxygen atoms in total. The Hall–Kier alpha value is -4.05. The zero-order chi connectivity index (χ0) is 26.0. The third-order valence-electron chi connectivity index (χ3n) is 4.44. The van der Waals surface area contributed by atoms with Gasteiger partial charge in [0, 0.05) is 18.3 Å². The topological polar surface area (TPSA) is 274 Å². The van der Waals surface area contributed by atoms with Crippen molar-refractivity contribution in [3.63, 3.8) is 0 Å². The molecule has 0 aliphatic rings. The van der Waals surface area contributed by atoms with Crippen LogP contribution in [0.1, 0.15) is 25.5 Å². The number of aliphatic carboxylic acids is 3. The molecule has 0 fully saturated rings. The molecule has 0 spiro atoms. The van der Waals surface area contributed by atoms with Gasteiger partial charge in [-0.1, -0.05) is 0 Å². The number of aromatic nitrogens is 2. The molecule has 0 aliphatic carbocycles. The van der Waals surface area contributed by atoms with Gasteiger partial charge in [0.1, 0.15) is 24.2 Å². The summed E-state index contributed by atoms with van der Waals surface area (Å²) in [5.41, 5.74) is 5.80. The van der Waals surface area contributed by atoms with E-state index in [1.807, 2.05) is 10.6 Å². The molecule has 0 saturated heterocycles. The standard InChI is InChI=1S/C18H26N6O10/c1-7(25)14(19)17(32)23-10(4-13(28)29)15(30)22-9(3-12(26)27)16(31)24-11(18(33)34)2-8-5-20-6-21-8/h5-7,9-11,14,25H,2-4,19H2,1H3,(H,20,21)(H,22,30)(H,23,32)(H,24,31)(H,26,27)(H,28,29)(H,33,34). The van der Waals surface area contributed by atoms with Crippen LogP contribution in [0.25, 0.3) is 0 Å². The minimum absolute atomic E-state index is 0.232. The second-order valence-electron chi connectivity index (χ2n) is 7.26. The van der Waals surface area contributed by atoms with E-state index in [0.29, 0.717) is 5.69 Å². The minimum Gasteiger partial charge on any atom is -0.481 e. The molecule has 0 aromatic carbocycles. The van der Waals surface area contributed by atoms with E-state index < -0.39 is 78.7 Å². The van der Waals surface area contributed by atoms with Crippen LogP contribution in [0.4, 0.5) is 0 Å². The number of nitrogens with zero attached hydrogens (tertiary/aromatic N) is 1. The molecule has 1 heterocycles. The van der Waals surface area contributed by atoms with Crippen molar-refractivity contribution in [2.24, 2.45) is 5.73 Å². The Morgan fingerprint density at radius 1 is 0.912 bits per heavy atom. The maximum atomic E-state index is 12.6. The lowest BCUT2D eigenvalue weighted by Gasteiger charge is -2.24. The number of carboxylic acids is 3. The van der Waals surface area contributed by atoms with Crippen LogP contribution in [0.15, 0.2) is 12.5 Å². The molecule has 3 amide bonds. The summed E-state index contributed by atoms with van der Waals surface area (Å²) in [6.07, 6.45) is -0.900. The van der Waals surface area contributed by atoms with Gasteiger partial charge in [-0.25, -0.2) is 9.78 Å². The van der Waals surface area contributed by atoms with Crippen molar-refractivity contribution in [3.8, 4) is 0 Å². The van der Waals surface area contributed by atoms with Crippen molar-refractivity contribution >= 4 is 35.6 Å². The number of aliphatic hydroxyl groups is 1. The van der Waals surface area contributed by atoms with Gasteiger partial charge in [0.05, 0.1) is 25.3 Å². The van der Waals surface area contributed by atoms with Gasteiger partial charge < -0.3 is 47.1 Å². The van der Waals surface area contributed by atoms with Gasteiger partial charge in [-0.15, -0.1) is 0 Å². The molecule has 1 aromatic heterocycles. The van der Waals surface area contributed by atoms with Crippen molar-refractivity contribution in [2.45, 2.75) is 56.5 Å². The first-order chi connectivity index (χ1) is 15.8. The predicted molar refractivity (Wildman–Crippen MR) is 110 cm³/mol. The maximum Gasteiger partial charge on any atom is 0.326 e. The highest BCUT2D eigenvalue weighted by Crippen LogP contribution is 2.03. The number of aromatic amines is 1. The monoisotopic (exact) mass is 486 g/mol. The molecule has 10 N–H and O–H groups in total. The third kappa shape index (κ3) is 9.21. The Labute approximate surface area is 191 Å². The molecule has 16 heteroatoms. The van der Waals surface area contributed by atoms with E-state index in [2.05, 4.69) is 15.3 Å². The normalized spacial score (nSPS) is 15.1. The number of carboxylic acid groups (broad SMARTS) is 3. The van der Waals surface area contributed by atoms with Crippen LogP contribution in [0.2, 0.25) is 0 Å². The number of aliphatic hydroxyl groups excluding tert-OH is 1. The maximum absolute atomic E-state index is 12.6. The number of rotatable bonds is 14. The average Bonchev–Trinajstić information content (AvgIpc) is 3.23. The van der Waals surface area contributed by atoms with Gasteiger partial charge in [0.2, 0.25) is 17.7 Å². The highest BCUT2D eigenvalue weighted by molar-refractivity contribution is 5.96. The van der Waals surface area contributed by atoms with E-state index in [1.54, 1.807) is 0 Å². The van der Waals surface area contributed by atoms with Gasteiger partial charge in [-0.3, -0.25) is 24.0 Å². The van der Waals surface area contributed by atoms with Crippen molar-refractivity contribution < 1.29 is 49.2 Å². The van der Waals surface area contributed by atoms with Crippen LogP contribution >= 0.6 is 0 Å². The first kappa shape index (κ1) is 28.0. The molecule has 1 rings (SSSR count). The summed E-state index contributed by atoms with van der Waals surface area (Å²) in [5.74, 6) is -7.99. The molecular formula is C18H26N6O10. The average molecular weight is 486 g/mol. The molecule has 5 unspecified atom stereocenters. The summed E-state index contributed by atoms with van der Waals surface area (Å²) in [5, 5.41) is 43.0. The Bertz CT molecular complexity index is 903. The van der Waals surface area contributed by atoms with Gasteiger partial charge in [0.15, 0.2) is 0 Å². The molecule has 5 atom stereocenters. The summed E-state index contributed by atoms with van der Waals surface area (Å²) >= 11 is 0. The van der Waals surface area contributed by atoms with Crippen LogP contribution < -0.4 is 21.7 Å². The second-order valence-corrected chi connectivity index (χ2v) is 7.26. The van der Waals surface area contributed by atoms with Crippen molar-refractivity contribution in [1.82, 2.24) is 25.9 Å². The fourth-order valence-electron chi connectivity index (χ4n) is 2.62. The van der Waals surface area contributed by atoms with Crippen LogP contribution in [-0.2, 0) is 35.2 Å². The summed E-state index contributed by atoms with van der Waals surface area (Å²) in [6.45, 7) is 1.19. The van der Waals surface area contributed by atoms with Gasteiger partial charge >= 0.3 is 17.9 Å². The summed E-state index contributed by atoms with van der Waals surface area (Å²) in [6, 6.07) is -6.60. The summed E-state index contributed by atoms with van der Waals surface area (Å²) < 4.78 is 0. The van der Waals surface area contributed by atoms with Crippen LogP contribution in [0.3, 0.4) is 0 Å². The number of carbonyl (C=O) groups is 6. The largest absolute Gasteiger partial charge is 0.481 e. The number of amides is 3. The Morgan fingerprint density at radius 2 is 1.38 bits per heavy atom. The van der Waals surface area contributed by atoms with E-state index in [-0.39, 0.29) is 6.42 Å². The molecule has 0 saturated carbocycles. The number of hydrogen-bond acceptors (Lipinski definition) is 9. The van der Waals surface area contributed by atoms with Gasteiger partial charge in [0.25, 0.3) is 0 Å². The molecule has 34 heavy (non-hydrogen) atoms. The van der Waals surface area contributed by atoms with Crippen molar-refractivity contribution in [1.29, 1.82) is 0 Å². The molecule has 188 valence electrons. The number of imidazole rings is 1. The Morgan fingerprint density at radius 3 is 1.76 bits per heavy atom. The summed E-state index contributed by atoms with van der Waals surface area (Å²) in [7, 11) is 0. The zero-order valence-corrected chi connectivity index (χ0v) is 17.9. The molecule has 1 aromatic rings. The lowest BCUT2D eigenvalue weighted by atomic mass is 10.1. The number of carbonyl (C=O) groups excluding carboxylic acids is 3. The summed E-state index contributed by atoms with van der Waals surface area (Å²) in [4.78, 5) is 77.4. The van der Waals surface area contributed by atoms with Gasteiger partial charge in [-0.2, -0.15) is 0 Å². The van der Waals surface area contributed by atoms with Crippen LogP contribution in [0, 0.1) is 0 Å². The number of H-pyrrole nitrogens is 1. The first-order valence-electron chi connectivity index (χ1n) is 9.80. The molecule has 0 radical (unpaired) electrons. The Kier molecular flexibility index (Phi) is 10.6. The zero-order valence-electron chi connectivity index (χ0n) is 17.9. The Balaban J connectivity index is 3.01. The lowest BCUT2D eigenvalue weighted by Crippen LogP contribution is -2.58. The number of hydrogen-bond donors (Lipinski definition) is 9. The third-order valence-corrected chi connectivity index (χ3v) is 4.44. The van der Waals surface area contributed by atoms with Crippen molar-refractivity contribution in [2.75, 3.05) is 0 Å². The molecule has 0 aliphatic heterocycles. The highest BCUT2D eigenvalue weighted by Gasteiger charge is 2.33. The predicted octanol–water partition coefficient (Wildman–Crippen LogP) is -3.85. The van der Waals surface area contributed by atoms with E-state index in [1.165, 1.54) is 19.4 Å². The minimum atomic E-state index is -1.81. The number of nitrogens with two attached hydrogens (primary N) is 1. The van der Waals surface area contributed by atoms with Crippen molar-refractivity contribution in [3.05, 3.63) is 18.2 Å². The van der Waals surface area contributed by atoms with E-state index in [4.69, 9.17) is 15.9 Å². The van der Waals surface area contributed by atoms with E-state index >= 15 is 0 Å². The fourth-order valence-corrected chi connectivity index (χ4v) is 2.62. The molecular weight excluding hydrogens is 460 g/mol. The van der Waals surface area contributed by atoms with Crippen LogP contribution in [-0.4, -0.2) is 96.3 Å². The first-order valence-corrected chi connectivity index (χ1v) is 9.80. The second kappa shape index (κ2) is 12.9. The van der Waals surface area contributed by atoms with E-state index in [0.717, 1.165) is 0 Å². The number of nitrogens with one attached hydrogen (secondary N) is 4. The molecule has 0 bridgehead atoms. The highest BCUT2D eigenvalue weighted by atomic mass is 16.4. The van der Waals surface area contributed by atoms with Crippen LogP contribution in [0.5, 0.6) is 0 Å². The van der Waals surface area contributed by atoms with E-state index in [9.17, 15) is 39.0 Å². The SMILES string of the molecule is CC(O)C(N)C(=O)NC(CC(=O)O)C(=O)NC(CC(=O)O)C(=O)NC(Cc1cnc[nH]1)C(=O)O. The van der Waals surface area contributed by atoms with Gasteiger partial charge in [-0.05, 0) is 6.92 Å². The lowest BCUT2D eigenvalue weighted by molar-refractivity contribution is -0.145. The fraction of sp³-hybridized carbons (Fsp3) is 0.500.